The van der Waals surface area contributed by atoms with E-state index >= 15 is 0 Å². The molecule has 1 aliphatic rings. The average Bonchev–Trinajstić information content (AvgIpc) is 3.27. The summed E-state index contributed by atoms with van der Waals surface area (Å²) in [6, 6.07) is 12.9. The van der Waals surface area contributed by atoms with Gasteiger partial charge in [-0.3, -0.25) is 0 Å². The summed E-state index contributed by atoms with van der Waals surface area (Å²) >= 11 is 6.35. The van der Waals surface area contributed by atoms with Gasteiger partial charge in [-0.15, -0.1) is 0 Å². The van der Waals surface area contributed by atoms with Gasteiger partial charge >= 0.3 is 0 Å². The van der Waals surface area contributed by atoms with Gasteiger partial charge in [0.15, 0.2) is 0 Å². The summed E-state index contributed by atoms with van der Waals surface area (Å²) in [5.74, 6) is 1.57. The second kappa shape index (κ2) is 6.08. The van der Waals surface area contributed by atoms with Crippen molar-refractivity contribution in [2.75, 3.05) is 0 Å². The Labute approximate surface area is 131 Å². The first-order valence-electron chi connectivity index (χ1n) is 7.39. The van der Waals surface area contributed by atoms with Crippen LogP contribution in [0.2, 0.25) is 5.02 Å². The van der Waals surface area contributed by atoms with E-state index in [9.17, 15) is 0 Å². The Morgan fingerprint density at radius 2 is 1.90 bits per heavy atom. The Hall–Kier alpha value is -1.51. The van der Waals surface area contributed by atoms with Crippen molar-refractivity contribution in [2.45, 2.75) is 39.3 Å². The third kappa shape index (κ3) is 3.78. The first kappa shape index (κ1) is 14.4. The summed E-state index contributed by atoms with van der Waals surface area (Å²) in [5, 5.41) is 4.14. The number of nitrogens with one attached hydrogen (secondary N) is 1. The smallest absolute Gasteiger partial charge is 0.146 e. The molecule has 3 heteroatoms. The summed E-state index contributed by atoms with van der Waals surface area (Å²) in [7, 11) is 0. The number of hydrogen-bond donors (Lipinski definition) is 1. The zero-order chi connectivity index (χ0) is 14.8. The summed E-state index contributed by atoms with van der Waals surface area (Å²) in [6.45, 7) is 4.96. The number of ether oxygens (including phenoxy) is 1. The molecule has 2 aromatic rings. The Bertz CT molecular complexity index is 650. The fourth-order valence-electron chi connectivity index (χ4n) is 2.22. The molecule has 0 unspecified atom stereocenters. The van der Waals surface area contributed by atoms with Crippen molar-refractivity contribution in [1.29, 1.82) is 0 Å². The van der Waals surface area contributed by atoms with E-state index in [1.165, 1.54) is 24.0 Å². The maximum Gasteiger partial charge on any atom is 0.146 e. The number of halogens is 1. The van der Waals surface area contributed by atoms with Gasteiger partial charge in [-0.2, -0.15) is 0 Å². The first-order chi connectivity index (χ1) is 10.1. The molecule has 3 rings (SSSR count). The van der Waals surface area contributed by atoms with E-state index in [-0.39, 0.29) is 0 Å². The molecule has 0 saturated heterocycles. The van der Waals surface area contributed by atoms with Crippen molar-refractivity contribution >= 4 is 11.6 Å². The van der Waals surface area contributed by atoms with Crippen LogP contribution in [0, 0.1) is 13.8 Å². The topological polar surface area (TPSA) is 21.3 Å². The summed E-state index contributed by atoms with van der Waals surface area (Å²) in [6.07, 6.45) is 2.59. The average molecular weight is 302 g/mol. The normalized spacial score (nSPS) is 14.2. The van der Waals surface area contributed by atoms with E-state index in [1.54, 1.807) is 0 Å². The lowest BCUT2D eigenvalue weighted by molar-refractivity contribution is 0.478. The first-order valence-corrected chi connectivity index (χ1v) is 7.76. The van der Waals surface area contributed by atoms with Crippen molar-refractivity contribution in [2.24, 2.45) is 0 Å². The highest BCUT2D eigenvalue weighted by Crippen LogP contribution is 2.32. The van der Waals surface area contributed by atoms with E-state index in [0.29, 0.717) is 16.8 Å². The van der Waals surface area contributed by atoms with Crippen LogP contribution < -0.4 is 10.1 Å². The molecule has 21 heavy (non-hydrogen) atoms. The molecule has 0 amide bonds. The second-order valence-electron chi connectivity index (χ2n) is 5.79. The molecule has 2 aromatic carbocycles. The van der Waals surface area contributed by atoms with Crippen LogP contribution in [0.25, 0.3) is 0 Å². The van der Waals surface area contributed by atoms with Crippen LogP contribution in [0.1, 0.15) is 29.5 Å². The molecule has 0 atom stereocenters. The third-order valence-electron chi connectivity index (χ3n) is 3.73. The van der Waals surface area contributed by atoms with Gasteiger partial charge in [0.2, 0.25) is 0 Å². The Morgan fingerprint density at radius 1 is 1.10 bits per heavy atom. The van der Waals surface area contributed by atoms with Gasteiger partial charge in [-0.05, 0) is 61.6 Å². The Morgan fingerprint density at radius 3 is 2.62 bits per heavy atom. The van der Waals surface area contributed by atoms with Gasteiger partial charge in [-0.1, -0.05) is 29.8 Å². The van der Waals surface area contributed by atoms with Gasteiger partial charge in [0.1, 0.15) is 11.5 Å². The fourth-order valence-corrected chi connectivity index (χ4v) is 2.46. The molecule has 0 aromatic heterocycles. The molecule has 1 aliphatic carbocycles. The molecule has 0 radical (unpaired) electrons. The quantitative estimate of drug-likeness (QED) is 0.839. The van der Waals surface area contributed by atoms with Gasteiger partial charge in [0.25, 0.3) is 0 Å². The molecule has 1 saturated carbocycles. The lowest BCUT2D eigenvalue weighted by Crippen LogP contribution is -2.15. The van der Waals surface area contributed by atoms with E-state index < -0.39 is 0 Å². The largest absolute Gasteiger partial charge is 0.456 e. The number of aryl methyl sites for hydroxylation is 2. The predicted molar refractivity (Wildman–Crippen MR) is 87.3 cm³/mol. The predicted octanol–water partition coefficient (Wildman–Crippen LogP) is 5.00. The number of benzene rings is 2. The van der Waals surface area contributed by atoms with Crippen LogP contribution in [-0.2, 0) is 6.54 Å². The lowest BCUT2D eigenvalue weighted by atomic mass is 10.1. The van der Waals surface area contributed by atoms with Crippen molar-refractivity contribution < 1.29 is 4.74 Å². The molecule has 2 nitrogen and oxygen atoms in total. The molecular weight excluding hydrogens is 282 g/mol. The Balaban J connectivity index is 1.74. The van der Waals surface area contributed by atoms with Gasteiger partial charge in [0, 0.05) is 12.6 Å². The van der Waals surface area contributed by atoms with Crippen molar-refractivity contribution in [3.63, 3.8) is 0 Å². The van der Waals surface area contributed by atoms with Gasteiger partial charge < -0.3 is 10.1 Å². The van der Waals surface area contributed by atoms with Gasteiger partial charge in [-0.25, -0.2) is 0 Å². The number of rotatable bonds is 5. The van der Waals surface area contributed by atoms with Crippen molar-refractivity contribution in [3.05, 3.63) is 58.1 Å². The van der Waals surface area contributed by atoms with Crippen LogP contribution in [-0.4, -0.2) is 6.04 Å². The standard InChI is InChI=1S/C18H20ClNO/c1-12-3-4-13(2)18(9-12)21-17-8-5-14(10-16(17)19)11-20-15-6-7-15/h3-5,8-10,15,20H,6-7,11H2,1-2H3. The lowest BCUT2D eigenvalue weighted by Gasteiger charge is -2.12. The zero-order valence-electron chi connectivity index (χ0n) is 12.4. The van der Waals surface area contributed by atoms with E-state index in [2.05, 4.69) is 30.4 Å². The van der Waals surface area contributed by atoms with Crippen LogP contribution in [0.15, 0.2) is 36.4 Å². The maximum atomic E-state index is 6.35. The monoisotopic (exact) mass is 301 g/mol. The maximum absolute atomic E-state index is 6.35. The minimum atomic E-state index is 0.658. The van der Waals surface area contributed by atoms with Crippen LogP contribution in [0.5, 0.6) is 11.5 Å². The SMILES string of the molecule is Cc1ccc(C)c(Oc2ccc(CNC3CC3)cc2Cl)c1. The van der Waals surface area contributed by atoms with Crippen LogP contribution in [0.3, 0.4) is 0 Å². The summed E-state index contributed by atoms with van der Waals surface area (Å²) in [5.41, 5.74) is 3.48. The van der Waals surface area contributed by atoms with Crippen molar-refractivity contribution in [3.8, 4) is 11.5 Å². The number of hydrogen-bond acceptors (Lipinski definition) is 2. The molecule has 1 N–H and O–H groups in total. The molecule has 110 valence electrons. The fraction of sp³-hybridized carbons (Fsp3) is 0.333. The summed E-state index contributed by atoms with van der Waals surface area (Å²) in [4.78, 5) is 0. The second-order valence-corrected chi connectivity index (χ2v) is 6.20. The molecule has 0 heterocycles. The minimum Gasteiger partial charge on any atom is -0.456 e. The van der Waals surface area contributed by atoms with E-state index in [4.69, 9.17) is 16.3 Å². The van der Waals surface area contributed by atoms with E-state index in [0.717, 1.165) is 17.9 Å². The van der Waals surface area contributed by atoms with Crippen LogP contribution in [0.4, 0.5) is 0 Å². The molecule has 0 bridgehead atoms. The summed E-state index contributed by atoms with van der Waals surface area (Å²) < 4.78 is 5.96. The molecular formula is C18H20ClNO. The highest BCUT2D eigenvalue weighted by molar-refractivity contribution is 6.32. The highest BCUT2D eigenvalue weighted by atomic mass is 35.5. The molecule has 0 spiro atoms. The Kier molecular flexibility index (Phi) is 4.18. The van der Waals surface area contributed by atoms with Gasteiger partial charge in [0.05, 0.1) is 5.02 Å². The molecule has 1 fully saturated rings. The highest BCUT2D eigenvalue weighted by Gasteiger charge is 2.20. The molecule has 0 aliphatic heterocycles. The van der Waals surface area contributed by atoms with E-state index in [1.807, 2.05) is 25.1 Å². The minimum absolute atomic E-state index is 0.658. The van der Waals surface area contributed by atoms with Crippen molar-refractivity contribution in [1.82, 2.24) is 5.32 Å². The van der Waals surface area contributed by atoms with Crippen LogP contribution >= 0.6 is 11.6 Å². The third-order valence-corrected chi connectivity index (χ3v) is 4.03. The zero-order valence-corrected chi connectivity index (χ0v) is 13.2.